The van der Waals surface area contributed by atoms with Gasteiger partial charge in [0.1, 0.15) is 5.82 Å². The van der Waals surface area contributed by atoms with Gasteiger partial charge in [-0.1, -0.05) is 50.7 Å². The monoisotopic (exact) mass is 518 g/mol. The van der Waals surface area contributed by atoms with E-state index in [-0.39, 0.29) is 35.4 Å². The Balaban J connectivity index is 1.20. The fraction of sp³-hybridized carbons (Fsp3) is 0.759. The topological polar surface area (TPSA) is 66.5 Å². The quantitative estimate of drug-likeness (QED) is 0.508. The van der Waals surface area contributed by atoms with Crippen molar-refractivity contribution in [3.8, 4) is 0 Å². The van der Waals surface area contributed by atoms with Crippen molar-refractivity contribution >= 4 is 15.9 Å². The van der Waals surface area contributed by atoms with Crippen LogP contribution in [0.3, 0.4) is 0 Å². The van der Waals surface area contributed by atoms with Crippen LogP contribution in [0.15, 0.2) is 24.3 Å². The fourth-order valence-electron chi connectivity index (χ4n) is 7.74. The molecule has 5 rings (SSSR count). The van der Waals surface area contributed by atoms with E-state index in [2.05, 4.69) is 5.32 Å². The zero-order valence-corrected chi connectivity index (χ0v) is 22.4. The highest BCUT2D eigenvalue weighted by Crippen LogP contribution is 2.42. The van der Waals surface area contributed by atoms with Crippen LogP contribution in [0.2, 0.25) is 0 Å². The van der Waals surface area contributed by atoms with Gasteiger partial charge in [0.05, 0.1) is 5.75 Å². The number of hydrogen-bond acceptors (Lipinski definition) is 3. The summed E-state index contributed by atoms with van der Waals surface area (Å²) in [6.07, 6.45) is 14.7. The minimum absolute atomic E-state index is 0.0422. The van der Waals surface area contributed by atoms with Crippen molar-refractivity contribution in [1.29, 1.82) is 0 Å². The number of hydrogen-bond donors (Lipinski definition) is 1. The highest BCUT2D eigenvalue weighted by Gasteiger charge is 2.47. The van der Waals surface area contributed by atoms with E-state index >= 15 is 0 Å². The number of sulfonamides is 1. The first-order valence-corrected chi connectivity index (χ1v) is 16.0. The smallest absolute Gasteiger partial charge is 0.223 e. The van der Waals surface area contributed by atoms with Crippen molar-refractivity contribution in [2.75, 3.05) is 18.8 Å². The average molecular weight is 519 g/mol. The second-order valence-electron chi connectivity index (χ2n) is 11.9. The third kappa shape index (κ3) is 5.98. The molecule has 1 aromatic carbocycles. The molecule has 1 amide bonds. The first-order valence-electron chi connectivity index (χ1n) is 14.4. The molecule has 0 bridgehead atoms. The van der Waals surface area contributed by atoms with Crippen LogP contribution in [0, 0.1) is 35.4 Å². The number of halogens is 1. The van der Waals surface area contributed by atoms with E-state index in [4.69, 9.17) is 0 Å². The Morgan fingerprint density at radius 2 is 1.50 bits per heavy atom. The number of aryl methyl sites for hydroxylation is 1. The number of nitrogens with one attached hydrogen (secondary N) is 1. The minimum atomic E-state index is -3.39. The lowest BCUT2D eigenvalue weighted by molar-refractivity contribution is -0.131. The molecule has 4 fully saturated rings. The number of carbonyl (C=O) groups excluding carboxylic acids is 1. The zero-order chi connectivity index (χ0) is 25.1. The Hall–Kier alpha value is -1.47. The summed E-state index contributed by atoms with van der Waals surface area (Å²) >= 11 is 0. The Labute approximate surface area is 216 Å². The van der Waals surface area contributed by atoms with Crippen LogP contribution in [0.25, 0.3) is 0 Å². The van der Waals surface area contributed by atoms with Gasteiger partial charge in [-0.3, -0.25) is 4.79 Å². The van der Waals surface area contributed by atoms with Crippen LogP contribution in [0.4, 0.5) is 4.39 Å². The van der Waals surface area contributed by atoms with Crippen LogP contribution < -0.4 is 5.32 Å². The molecule has 0 radical (unpaired) electrons. The molecule has 0 unspecified atom stereocenters. The lowest BCUT2D eigenvalue weighted by Gasteiger charge is -2.37. The second-order valence-corrected chi connectivity index (χ2v) is 14.0. The molecule has 5 nitrogen and oxygen atoms in total. The number of benzene rings is 1. The molecule has 3 saturated carbocycles. The van der Waals surface area contributed by atoms with Crippen molar-refractivity contribution in [3.63, 3.8) is 0 Å². The lowest BCUT2D eigenvalue weighted by Crippen LogP contribution is -2.47. The molecule has 7 heteroatoms. The first-order chi connectivity index (χ1) is 17.4. The van der Waals surface area contributed by atoms with Crippen molar-refractivity contribution in [2.24, 2.45) is 29.6 Å². The zero-order valence-electron chi connectivity index (χ0n) is 21.5. The van der Waals surface area contributed by atoms with Gasteiger partial charge in [-0.2, -0.15) is 0 Å². The van der Waals surface area contributed by atoms with E-state index in [1.165, 1.54) is 76.3 Å². The SMILES string of the molecule is O=C(N[C@H]1CC[C@H]2CN(S(=O)(=O)CCc3ccc(F)cc3)C[C@H]21)C(C1CCCCC1)C1CCCCC1. The van der Waals surface area contributed by atoms with E-state index in [9.17, 15) is 17.6 Å². The van der Waals surface area contributed by atoms with E-state index in [1.807, 2.05) is 0 Å². The molecule has 3 aliphatic carbocycles. The molecular weight excluding hydrogens is 475 g/mol. The van der Waals surface area contributed by atoms with Gasteiger partial charge >= 0.3 is 0 Å². The van der Waals surface area contributed by atoms with E-state index < -0.39 is 10.0 Å². The van der Waals surface area contributed by atoms with Gasteiger partial charge in [0.15, 0.2) is 0 Å². The van der Waals surface area contributed by atoms with Gasteiger partial charge in [-0.15, -0.1) is 0 Å². The number of rotatable bonds is 8. The lowest BCUT2D eigenvalue weighted by atomic mass is 9.69. The van der Waals surface area contributed by atoms with E-state index in [0.717, 1.165) is 18.4 Å². The Kier molecular flexibility index (Phi) is 8.36. The summed E-state index contributed by atoms with van der Waals surface area (Å²) in [5, 5.41) is 3.48. The molecule has 4 aliphatic rings. The van der Waals surface area contributed by atoms with Crippen LogP contribution in [0.5, 0.6) is 0 Å². The van der Waals surface area contributed by atoms with Crippen LogP contribution in [-0.2, 0) is 21.2 Å². The van der Waals surface area contributed by atoms with Crippen molar-refractivity contribution in [1.82, 2.24) is 9.62 Å². The van der Waals surface area contributed by atoms with Gasteiger partial charge < -0.3 is 5.32 Å². The standard InChI is InChI=1S/C29H43FN2O3S/c30-25-14-11-21(12-15-25)17-18-36(34,35)32-19-24-13-16-27(26(24)20-32)31-29(33)28(22-7-3-1-4-8-22)23-9-5-2-6-10-23/h11-12,14-15,22-24,26-28H,1-10,13,16-20H2,(H,31,33)/t24-,26+,27-/m0/s1. The van der Waals surface area contributed by atoms with Crippen molar-refractivity contribution in [3.05, 3.63) is 35.6 Å². The van der Waals surface area contributed by atoms with Gasteiger partial charge in [0.2, 0.25) is 15.9 Å². The maximum absolute atomic E-state index is 13.8. The molecule has 36 heavy (non-hydrogen) atoms. The molecule has 0 aromatic heterocycles. The summed E-state index contributed by atoms with van der Waals surface area (Å²) in [6, 6.07) is 6.16. The minimum Gasteiger partial charge on any atom is -0.353 e. The summed E-state index contributed by atoms with van der Waals surface area (Å²) in [4.78, 5) is 13.8. The normalized spacial score (nSPS) is 28.4. The first kappa shape index (κ1) is 26.1. The molecule has 200 valence electrons. The maximum Gasteiger partial charge on any atom is 0.223 e. The molecule has 3 atom stereocenters. The number of fused-ring (bicyclic) bond motifs is 1. The fourth-order valence-corrected chi connectivity index (χ4v) is 9.31. The third-order valence-corrected chi connectivity index (χ3v) is 11.5. The summed E-state index contributed by atoms with van der Waals surface area (Å²) in [7, 11) is -3.39. The Morgan fingerprint density at radius 3 is 2.11 bits per heavy atom. The maximum atomic E-state index is 13.8. The number of amides is 1. The largest absolute Gasteiger partial charge is 0.353 e. The van der Waals surface area contributed by atoms with E-state index in [1.54, 1.807) is 16.4 Å². The molecule has 0 spiro atoms. The highest BCUT2D eigenvalue weighted by atomic mass is 32.2. The van der Waals surface area contributed by atoms with Gasteiger partial charge in [0.25, 0.3) is 0 Å². The predicted molar refractivity (Wildman–Crippen MR) is 140 cm³/mol. The number of carbonyl (C=O) groups is 1. The summed E-state index contributed by atoms with van der Waals surface area (Å²) in [5.41, 5.74) is 0.834. The molecule has 1 heterocycles. The highest BCUT2D eigenvalue weighted by molar-refractivity contribution is 7.89. The van der Waals surface area contributed by atoms with Crippen LogP contribution in [-0.4, -0.2) is 43.5 Å². The molecular formula is C29H43FN2O3S. The number of nitrogens with zero attached hydrogens (tertiary/aromatic N) is 1. The van der Waals surface area contributed by atoms with E-state index in [0.29, 0.717) is 37.3 Å². The van der Waals surface area contributed by atoms with Crippen molar-refractivity contribution in [2.45, 2.75) is 89.5 Å². The molecule has 1 aromatic rings. The summed E-state index contributed by atoms with van der Waals surface area (Å²) in [6.45, 7) is 1.08. The second kappa shape index (κ2) is 11.5. The summed E-state index contributed by atoms with van der Waals surface area (Å²) < 4.78 is 41.1. The Morgan fingerprint density at radius 1 is 0.889 bits per heavy atom. The third-order valence-electron chi connectivity index (χ3n) is 9.72. The molecule has 1 saturated heterocycles. The van der Waals surface area contributed by atoms with Gasteiger partial charge in [-0.25, -0.2) is 17.1 Å². The van der Waals surface area contributed by atoms with Gasteiger partial charge in [-0.05, 0) is 86.3 Å². The van der Waals surface area contributed by atoms with Crippen LogP contribution >= 0.6 is 0 Å². The Bertz CT molecular complexity index is 968. The van der Waals surface area contributed by atoms with Crippen LogP contribution in [0.1, 0.15) is 82.6 Å². The van der Waals surface area contributed by atoms with Crippen molar-refractivity contribution < 1.29 is 17.6 Å². The van der Waals surface area contributed by atoms with Gasteiger partial charge in [0, 0.05) is 25.0 Å². The predicted octanol–water partition coefficient (Wildman–Crippen LogP) is 5.30. The molecule has 1 N–H and O–H groups in total. The molecule has 1 aliphatic heterocycles. The summed E-state index contributed by atoms with van der Waals surface area (Å²) in [5.74, 6) is 1.72. The average Bonchev–Trinajstić information content (AvgIpc) is 3.48.